The van der Waals surface area contributed by atoms with Crippen LogP contribution in [0.3, 0.4) is 0 Å². The van der Waals surface area contributed by atoms with Crippen LogP contribution in [0.2, 0.25) is 0 Å². The Balaban J connectivity index is 2.07. The standard InChI is InChI=1S/C13H12BrF3N2O2/c1-7-10(8(2)21-19-7)6-18-9-3-4-12(11(14)5-9)20-13(15,16)17/h3-5,18H,6H2,1-2H3. The molecule has 114 valence electrons. The Hall–Kier alpha value is -1.70. The van der Waals surface area contributed by atoms with Gasteiger partial charge in [-0.15, -0.1) is 13.2 Å². The smallest absolute Gasteiger partial charge is 0.405 e. The molecule has 2 rings (SSSR count). The van der Waals surface area contributed by atoms with Gasteiger partial charge in [0.25, 0.3) is 0 Å². The number of benzene rings is 1. The molecule has 0 spiro atoms. The minimum Gasteiger partial charge on any atom is -0.405 e. The Morgan fingerprint density at radius 3 is 2.57 bits per heavy atom. The van der Waals surface area contributed by atoms with Gasteiger partial charge >= 0.3 is 6.36 Å². The van der Waals surface area contributed by atoms with Crippen LogP contribution in [0.5, 0.6) is 5.75 Å². The minimum atomic E-state index is -4.71. The van der Waals surface area contributed by atoms with Crippen LogP contribution in [0.4, 0.5) is 18.9 Å². The van der Waals surface area contributed by atoms with Crippen LogP contribution in [0.1, 0.15) is 17.0 Å². The number of nitrogens with one attached hydrogen (secondary N) is 1. The molecule has 0 aliphatic carbocycles. The summed E-state index contributed by atoms with van der Waals surface area (Å²) in [4.78, 5) is 0. The van der Waals surface area contributed by atoms with Crippen molar-refractivity contribution in [2.45, 2.75) is 26.8 Å². The molecule has 0 atom stereocenters. The lowest BCUT2D eigenvalue weighted by atomic mass is 10.2. The molecule has 2 aromatic rings. The first kappa shape index (κ1) is 15.7. The summed E-state index contributed by atoms with van der Waals surface area (Å²) in [7, 11) is 0. The molecule has 0 unspecified atom stereocenters. The fourth-order valence-corrected chi connectivity index (χ4v) is 2.22. The van der Waals surface area contributed by atoms with Crippen molar-refractivity contribution in [2.24, 2.45) is 0 Å². The van der Waals surface area contributed by atoms with Crippen molar-refractivity contribution >= 4 is 21.6 Å². The molecule has 0 saturated heterocycles. The minimum absolute atomic E-state index is 0.212. The van der Waals surface area contributed by atoms with E-state index in [1.54, 1.807) is 6.92 Å². The molecule has 4 nitrogen and oxygen atoms in total. The van der Waals surface area contributed by atoms with Crippen molar-refractivity contribution in [3.8, 4) is 5.75 Å². The van der Waals surface area contributed by atoms with Gasteiger partial charge in [-0.25, -0.2) is 0 Å². The SMILES string of the molecule is Cc1noc(C)c1CNc1ccc(OC(F)(F)F)c(Br)c1. The van der Waals surface area contributed by atoms with E-state index < -0.39 is 6.36 Å². The predicted molar refractivity (Wildman–Crippen MR) is 74.1 cm³/mol. The van der Waals surface area contributed by atoms with E-state index in [0.29, 0.717) is 18.0 Å². The second-order valence-corrected chi connectivity index (χ2v) is 5.20. The molecule has 0 aliphatic rings. The number of rotatable bonds is 4. The molecule has 0 saturated carbocycles. The molecule has 1 heterocycles. The molecule has 0 fully saturated rings. The molecule has 0 bridgehead atoms. The van der Waals surface area contributed by atoms with Crippen molar-refractivity contribution < 1.29 is 22.4 Å². The summed E-state index contributed by atoms with van der Waals surface area (Å²) in [6.45, 7) is 4.09. The molecule has 21 heavy (non-hydrogen) atoms. The highest BCUT2D eigenvalue weighted by Gasteiger charge is 2.31. The zero-order chi connectivity index (χ0) is 15.6. The summed E-state index contributed by atoms with van der Waals surface area (Å²) in [6.07, 6.45) is -4.71. The van der Waals surface area contributed by atoms with Gasteiger partial charge in [0.2, 0.25) is 0 Å². The van der Waals surface area contributed by atoms with Crippen molar-refractivity contribution in [1.82, 2.24) is 5.16 Å². The van der Waals surface area contributed by atoms with E-state index in [2.05, 4.69) is 31.1 Å². The Kier molecular flexibility index (Phi) is 4.46. The summed E-state index contributed by atoms with van der Waals surface area (Å²) >= 11 is 3.05. The topological polar surface area (TPSA) is 47.3 Å². The first-order valence-corrected chi connectivity index (χ1v) is 6.76. The average Bonchev–Trinajstić information content (AvgIpc) is 2.68. The molecule has 0 amide bonds. The number of alkyl halides is 3. The summed E-state index contributed by atoms with van der Waals surface area (Å²) in [6, 6.07) is 4.26. The van der Waals surface area contributed by atoms with Gasteiger partial charge in [-0.1, -0.05) is 5.16 Å². The van der Waals surface area contributed by atoms with Gasteiger partial charge in [0.1, 0.15) is 11.5 Å². The molecule has 8 heteroatoms. The number of aromatic nitrogens is 1. The van der Waals surface area contributed by atoms with E-state index in [-0.39, 0.29) is 10.2 Å². The average molecular weight is 365 g/mol. The van der Waals surface area contributed by atoms with Crippen LogP contribution in [0.25, 0.3) is 0 Å². The van der Waals surface area contributed by atoms with Gasteiger partial charge in [-0.05, 0) is 48.0 Å². The van der Waals surface area contributed by atoms with Crippen LogP contribution >= 0.6 is 15.9 Å². The predicted octanol–water partition coefficient (Wildman–Crippen LogP) is 4.56. The number of ether oxygens (including phenoxy) is 1. The Labute approximate surface area is 127 Å². The van der Waals surface area contributed by atoms with Crippen LogP contribution in [0, 0.1) is 13.8 Å². The summed E-state index contributed by atoms with van der Waals surface area (Å²) in [5, 5.41) is 6.92. The normalized spacial score (nSPS) is 11.5. The van der Waals surface area contributed by atoms with Crippen LogP contribution in [-0.4, -0.2) is 11.5 Å². The third-order valence-electron chi connectivity index (χ3n) is 2.81. The second-order valence-electron chi connectivity index (χ2n) is 4.35. The maximum atomic E-state index is 12.2. The molecule has 0 radical (unpaired) electrons. The zero-order valence-electron chi connectivity index (χ0n) is 11.2. The van der Waals surface area contributed by atoms with Crippen molar-refractivity contribution in [3.63, 3.8) is 0 Å². The van der Waals surface area contributed by atoms with Crippen molar-refractivity contribution in [1.29, 1.82) is 0 Å². The highest BCUT2D eigenvalue weighted by atomic mass is 79.9. The molecule has 0 aliphatic heterocycles. The van der Waals surface area contributed by atoms with Gasteiger partial charge < -0.3 is 14.6 Å². The number of hydrogen-bond acceptors (Lipinski definition) is 4. The summed E-state index contributed by atoms with van der Waals surface area (Å²) < 4.78 is 45.6. The van der Waals surface area contributed by atoms with Crippen molar-refractivity contribution in [2.75, 3.05) is 5.32 Å². The fraction of sp³-hybridized carbons (Fsp3) is 0.308. The Morgan fingerprint density at radius 2 is 2.05 bits per heavy atom. The third kappa shape index (κ3) is 4.13. The Bertz CT molecular complexity index is 621. The zero-order valence-corrected chi connectivity index (χ0v) is 12.8. The maximum absolute atomic E-state index is 12.2. The fourth-order valence-electron chi connectivity index (χ4n) is 1.76. The van der Waals surface area contributed by atoms with E-state index in [0.717, 1.165) is 11.3 Å². The van der Waals surface area contributed by atoms with Crippen LogP contribution < -0.4 is 10.1 Å². The quantitative estimate of drug-likeness (QED) is 0.863. The van der Waals surface area contributed by atoms with E-state index in [1.807, 2.05) is 6.92 Å². The lowest BCUT2D eigenvalue weighted by Gasteiger charge is -2.12. The van der Waals surface area contributed by atoms with Gasteiger partial charge in [0, 0.05) is 17.8 Å². The monoisotopic (exact) mass is 364 g/mol. The van der Waals surface area contributed by atoms with Crippen molar-refractivity contribution in [3.05, 3.63) is 39.7 Å². The largest absolute Gasteiger partial charge is 0.573 e. The van der Waals surface area contributed by atoms with Crippen LogP contribution in [0.15, 0.2) is 27.2 Å². The number of hydrogen-bond donors (Lipinski definition) is 1. The van der Waals surface area contributed by atoms with Gasteiger partial charge in [0.15, 0.2) is 0 Å². The molecule has 1 aromatic carbocycles. The van der Waals surface area contributed by atoms with Gasteiger partial charge in [-0.3, -0.25) is 0 Å². The van der Waals surface area contributed by atoms with Crippen LogP contribution in [-0.2, 0) is 6.54 Å². The number of nitrogens with zero attached hydrogens (tertiary/aromatic N) is 1. The highest BCUT2D eigenvalue weighted by Crippen LogP contribution is 2.32. The lowest BCUT2D eigenvalue weighted by molar-refractivity contribution is -0.274. The van der Waals surface area contributed by atoms with Gasteiger partial charge in [-0.2, -0.15) is 0 Å². The Morgan fingerprint density at radius 1 is 1.33 bits per heavy atom. The lowest BCUT2D eigenvalue weighted by Crippen LogP contribution is -2.17. The number of halogens is 4. The second kappa shape index (κ2) is 5.97. The molecule has 1 aromatic heterocycles. The molecular formula is C13H12BrF3N2O2. The molecular weight excluding hydrogens is 353 g/mol. The first-order valence-electron chi connectivity index (χ1n) is 5.97. The first-order chi connectivity index (χ1) is 9.76. The third-order valence-corrected chi connectivity index (χ3v) is 3.43. The van der Waals surface area contributed by atoms with E-state index >= 15 is 0 Å². The summed E-state index contributed by atoms with van der Waals surface area (Å²) in [5.41, 5.74) is 2.34. The molecule has 1 N–H and O–H groups in total. The number of anilines is 1. The number of aryl methyl sites for hydroxylation is 2. The van der Waals surface area contributed by atoms with E-state index in [9.17, 15) is 13.2 Å². The summed E-state index contributed by atoms with van der Waals surface area (Å²) in [5.74, 6) is 0.418. The van der Waals surface area contributed by atoms with E-state index in [1.165, 1.54) is 18.2 Å². The highest BCUT2D eigenvalue weighted by molar-refractivity contribution is 9.10. The maximum Gasteiger partial charge on any atom is 0.573 e. The van der Waals surface area contributed by atoms with E-state index in [4.69, 9.17) is 4.52 Å². The van der Waals surface area contributed by atoms with Gasteiger partial charge in [0.05, 0.1) is 10.2 Å².